The number of rotatable bonds is 2. The first-order valence-electron chi connectivity index (χ1n) is 6.08. The van der Waals surface area contributed by atoms with Crippen molar-refractivity contribution in [1.29, 1.82) is 0 Å². The molecule has 0 radical (unpaired) electrons. The molecule has 4 nitrogen and oxygen atoms in total. The summed E-state index contributed by atoms with van der Waals surface area (Å²) in [5, 5.41) is 18.1. The lowest BCUT2D eigenvalue weighted by Crippen LogP contribution is -2.61. The molecule has 2 aliphatic carbocycles. The molecule has 0 aliphatic heterocycles. The van der Waals surface area contributed by atoms with Gasteiger partial charge in [-0.25, -0.2) is 0 Å². The highest BCUT2D eigenvalue weighted by Crippen LogP contribution is 2.68. The Hall–Kier alpha value is -1.06. The van der Waals surface area contributed by atoms with Gasteiger partial charge in [0.05, 0.1) is 0 Å². The Morgan fingerprint density at radius 1 is 1.06 bits per heavy atom. The van der Waals surface area contributed by atoms with Crippen LogP contribution in [0.5, 0.6) is 0 Å². The first-order valence-corrected chi connectivity index (χ1v) is 6.08. The number of carbonyl (C=O) groups is 2. The minimum absolute atomic E-state index is 0.00866. The van der Waals surface area contributed by atoms with E-state index < -0.39 is 17.4 Å². The average Bonchev–Trinajstić information content (AvgIpc) is 1.94. The van der Waals surface area contributed by atoms with Gasteiger partial charge in [-0.2, -0.15) is 0 Å². The maximum atomic E-state index is 11.1. The van der Waals surface area contributed by atoms with Crippen LogP contribution in [0.25, 0.3) is 0 Å². The van der Waals surface area contributed by atoms with Crippen LogP contribution in [0.1, 0.15) is 46.5 Å². The number of aliphatic carboxylic acids is 2. The Labute approximate surface area is 101 Å². The van der Waals surface area contributed by atoms with Crippen molar-refractivity contribution < 1.29 is 19.8 Å². The molecular formula is C13H20O4. The van der Waals surface area contributed by atoms with Crippen LogP contribution in [0.3, 0.4) is 0 Å². The fraction of sp³-hybridized carbons (Fsp3) is 0.846. The quantitative estimate of drug-likeness (QED) is 0.727. The van der Waals surface area contributed by atoms with E-state index in [1.165, 1.54) is 0 Å². The van der Waals surface area contributed by atoms with E-state index in [1.54, 1.807) is 0 Å². The van der Waals surface area contributed by atoms with Crippen LogP contribution in [0.4, 0.5) is 0 Å². The maximum Gasteiger partial charge on any atom is 0.321 e. The molecular weight excluding hydrogens is 220 g/mol. The van der Waals surface area contributed by atoms with E-state index in [0.717, 1.165) is 12.8 Å². The van der Waals surface area contributed by atoms with Crippen LogP contribution in [0, 0.1) is 22.2 Å². The van der Waals surface area contributed by atoms with E-state index in [4.69, 9.17) is 10.2 Å². The van der Waals surface area contributed by atoms with Crippen LogP contribution in [-0.4, -0.2) is 22.2 Å². The van der Waals surface area contributed by atoms with E-state index in [1.807, 2.05) is 0 Å². The van der Waals surface area contributed by atoms with Gasteiger partial charge < -0.3 is 10.2 Å². The van der Waals surface area contributed by atoms with Crippen molar-refractivity contribution in [2.75, 3.05) is 0 Å². The van der Waals surface area contributed by atoms with Crippen molar-refractivity contribution in [3.8, 4) is 0 Å². The Morgan fingerprint density at radius 3 is 1.76 bits per heavy atom. The lowest BCUT2D eigenvalue weighted by molar-refractivity contribution is -0.201. The highest BCUT2D eigenvalue weighted by molar-refractivity contribution is 5.99. The van der Waals surface area contributed by atoms with Gasteiger partial charge in [0.1, 0.15) is 0 Å². The topological polar surface area (TPSA) is 74.6 Å². The van der Waals surface area contributed by atoms with E-state index in [2.05, 4.69) is 20.8 Å². The Morgan fingerprint density at radius 2 is 1.47 bits per heavy atom. The molecule has 0 aromatic carbocycles. The van der Waals surface area contributed by atoms with Gasteiger partial charge in [-0.15, -0.1) is 0 Å². The molecule has 2 saturated carbocycles. The predicted octanol–water partition coefficient (Wildman–Crippen LogP) is 2.38. The summed E-state index contributed by atoms with van der Waals surface area (Å²) < 4.78 is 0. The molecule has 0 unspecified atom stereocenters. The Kier molecular flexibility index (Phi) is 2.36. The van der Waals surface area contributed by atoms with E-state index in [9.17, 15) is 9.59 Å². The predicted molar refractivity (Wildman–Crippen MR) is 61.6 cm³/mol. The van der Waals surface area contributed by atoms with Crippen molar-refractivity contribution in [3.05, 3.63) is 0 Å². The van der Waals surface area contributed by atoms with Crippen molar-refractivity contribution in [1.82, 2.24) is 0 Å². The molecule has 2 fully saturated rings. The summed E-state index contributed by atoms with van der Waals surface area (Å²) in [7, 11) is 0. The Bertz CT molecular complexity index is 347. The van der Waals surface area contributed by atoms with Crippen LogP contribution in [0.15, 0.2) is 0 Å². The molecule has 0 aromatic rings. The number of hydrogen-bond donors (Lipinski definition) is 2. The zero-order chi connectivity index (χ0) is 13.1. The summed E-state index contributed by atoms with van der Waals surface area (Å²) in [5.74, 6) is -1.74. The standard InChI is InChI=1S/C13H20O4/c1-11(2,3)8-4-12(5-8)6-13(7-12,9(14)15)10(16)17/h8H,4-7H2,1-3H3,(H,14,15)(H,16,17). The van der Waals surface area contributed by atoms with Gasteiger partial charge >= 0.3 is 11.9 Å². The number of carboxylic acid groups (broad SMARTS) is 2. The first kappa shape index (κ1) is 12.4. The summed E-state index contributed by atoms with van der Waals surface area (Å²) in [6, 6.07) is 0. The van der Waals surface area contributed by atoms with Crippen LogP contribution >= 0.6 is 0 Å². The van der Waals surface area contributed by atoms with E-state index >= 15 is 0 Å². The molecule has 0 amide bonds. The van der Waals surface area contributed by atoms with Gasteiger partial charge in [-0.1, -0.05) is 20.8 Å². The molecule has 0 saturated heterocycles. The molecule has 0 heterocycles. The number of carboxylic acids is 2. The van der Waals surface area contributed by atoms with Gasteiger partial charge in [0.15, 0.2) is 5.41 Å². The van der Waals surface area contributed by atoms with E-state index in [0.29, 0.717) is 18.8 Å². The minimum Gasteiger partial charge on any atom is -0.480 e. The number of hydrogen-bond acceptors (Lipinski definition) is 2. The van der Waals surface area contributed by atoms with Crippen LogP contribution < -0.4 is 0 Å². The molecule has 2 aliphatic rings. The molecule has 0 atom stereocenters. The SMILES string of the molecule is CC(C)(C)C1CC2(C1)CC(C(=O)O)(C(=O)O)C2. The third-order valence-corrected chi connectivity index (χ3v) is 4.76. The zero-order valence-corrected chi connectivity index (χ0v) is 10.6. The fourth-order valence-electron chi connectivity index (χ4n) is 3.51. The fourth-order valence-corrected chi connectivity index (χ4v) is 3.51. The molecule has 0 aromatic heterocycles. The summed E-state index contributed by atoms with van der Waals surface area (Å²) in [6.45, 7) is 6.56. The van der Waals surface area contributed by atoms with Crippen molar-refractivity contribution in [2.24, 2.45) is 22.2 Å². The third kappa shape index (κ3) is 1.65. The zero-order valence-electron chi connectivity index (χ0n) is 10.6. The normalized spacial score (nSPS) is 26.1. The summed E-state index contributed by atoms with van der Waals surface area (Å²) >= 11 is 0. The monoisotopic (exact) mass is 240 g/mol. The second-order valence-corrected chi connectivity index (χ2v) is 7.02. The maximum absolute atomic E-state index is 11.1. The highest BCUT2D eigenvalue weighted by Gasteiger charge is 2.68. The second-order valence-electron chi connectivity index (χ2n) is 7.02. The van der Waals surface area contributed by atoms with Gasteiger partial charge in [0.2, 0.25) is 0 Å². The average molecular weight is 240 g/mol. The van der Waals surface area contributed by atoms with Gasteiger partial charge in [-0.3, -0.25) is 9.59 Å². The molecule has 1 spiro atoms. The molecule has 0 bridgehead atoms. The van der Waals surface area contributed by atoms with Gasteiger partial charge in [0.25, 0.3) is 0 Å². The van der Waals surface area contributed by atoms with Crippen molar-refractivity contribution in [2.45, 2.75) is 46.5 Å². The molecule has 96 valence electrons. The first-order chi connectivity index (χ1) is 7.61. The molecule has 2 rings (SSSR count). The van der Waals surface area contributed by atoms with Crippen LogP contribution in [-0.2, 0) is 9.59 Å². The van der Waals surface area contributed by atoms with Gasteiger partial charge in [-0.05, 0) is 42.4 Å². The lowest BCUT2D eigenvalue weighted by atomic mass is 9.40. The highest BCUT2D eigenvalue weighted by atomic mass is 16.4. The summed E-state index contributed by atoms with van der Waals surface area (Å²) in [6.07, 6.45) is 2.60. The minimum atomic E-state index is -1.50. The van der Waals surface area contributed by atoms with Crippen molar-refractivity contribution >= 4 is 11.9 Å². The largest absolute Gasteiger partial charge is 0.480 e. The Balaban J connectivity index is 2.00. The third-order valence-electron chi connectivity index (χ3n) is 4.76. The van der Waals surface area contributed by atoms with Crippen LogP contribution in [0.2, 0.25) is 0 Å². The second kappa shape index (κ2) is 3.24. The lowest BCUT2D eigenvalue weighted by Gasteiger charge is -2.62. The molecule has 4 heteroatoms. The summed E-state index contributed by atoms with van der Waals surface area (Å²) in [4.78, 5) is 22.1. The summed E-state index contributed by atoms with van der Waals surface area (Å²) in [5.41, 5.74) is -1.24. The smallest absolute Gasteiger partial charge is 0.321 e. The van der Waals surface area contributed by atoms with Crippen molar-refractivity contribution in [3.63, 3.8) is 0 Å². The molecule has 2 N–H and O–H groups in total. The molecule has 17 heavy (non-hydrogen) atoms. The van der Waals surface area contributed by atoms with Gasteiger partial charge in [0, 0.05) is 0 Å². The van der Waals surface area contributed by atoms with E-state index in [-0.39, 0.29) is 10.8 Å².